The SMILES string of the molecule is Cn1cccc1C(=O)CN1CCN(Cc2nc(-c3cccc(C(F)(F)F)c3)no2)CC1. The molecule has 0 spiro atoms. The number of alkyl halides is 3. The van der Waals surface area contributed by atoms with E-state index in [4.69, 9.17) is 4.52 Å². The first-order chi connectivity index (χ1) is 14.8. The lowest BCUT2D eigenvalue weighted by Crippen LogP contribution is -2.47. The van der Waals surface area contributed by atoms with Gasteiger partial charge in [0.25, 0.3) is 0 Å². The Kier molecular flexibility index (Phi) is 5.92. The zero-order chi connectivity index (χ0) is 22.0. The van der Waals surface area contributed by atoms with Crippen molar-refractivity contribution in [1.29, 1.82) is 0 Å². The molecule has 0 amide bonds. The monoisotopic (exact) mass is 433 g/mol. The van der Waals surface area contributed by atoms with E-state index in [9.17, 15) is 18.0 Å². The van der Waals surface area contributed by atoms with Crippen molar-refractivity contribution in [3.63, 3.8) is 0 Å². The fraction of sp³-hybridized carbons (Fsp3) is 0.381. The Labute approximate surface area is 177 Å². The van der Waals surface area contributed by atoms with Crippen molar-refractivity contribution in [1.82, 2.24) is 24.5 Å². The summed E-state index contributed by atoms with van der Waals surface area (Å²) >= 11 is 0. The number of hydrogen-bond acceptors (Lipinski definition) is 6. The predicted molar refractivity (Wildman–Crippen MR) is 106 cm³/mol. The normalized spacial score (nSPS) is 16.0. The summed E-state index contributed by atoms with van der Waals surface area (Å²) in [6.45, 7) is 3.68. The number of nitrogens with zero attached hydrogens (tertiary/aromatic N) is 5. The van der Waals surface area contributed by atoms with Crippen LogP contribution >= 0.6 is 0 Å². The van der Waals surface area contributed by atoms with E-state index >= 15 is 0 Å². The predicted octanol–water partition coefficient (Wildman–Crippen LogP) is 3.09. The van der Waals surface area contributed by atoms with Gasteiger partial charge in [-0.3, -0.25) is 14.6 Å². The van der Waals surface area contributed by atoms with Crippen molar-refractivity contribution in [3.8, 4) is 11.4 Å². The van der Waals surface area contributed by atoms with Crippen molar-refractivity contribution in [3.05, 3.63) is 59.7 Å². The summed E-state index contributed by atoms with van der Waals surface area (Å²) in [5.41, 5.74) is 0.196. The van der Waals surface area contributed by atoms with Crippen LogP contribution in [0.3, 0.4) is 0 Å². The minimum atomic E-state index is -4.43. The molecule has 0 atom stereocenters. The van der Waals surface area contributed by atoms with Crippen molar-refractivity contribution >= 4 is 5.78 Å². The van der Waals surface area contributed by atoms with Gasteiger partial charge >= 0.3 is 6.18 Å². The van der Waals surface area contributed by atoms with Gasteiger partial charge in [-0.25, -0.2) is 0 Å². The van der Waals surface area contributed by atoms with E-state index in [0.717, 1.165) is 38.3 Å². The summed E-state index contributed by atoms with van der Waals surface area (Å²) < 4.78 is 45.8. The second-order valence-corrected chi connectivity index (χ2v) is 7.57. The number of aromatic nitrogens is 3. The second kappa shape index (κ2) is 8.64. The van der Waals surface area contributed by atoms with Crippen molar-refractivity contribution < 1.29 is 22.5 Å². The Morgan fingerprint density at radius 1 is 1.10 bits per heavy atom. The van der Waals surface area contributed by atoms with Crippen LogP contribution in [0.15, 0.2) is 47.1 Å². The number of ketones is 1. The largest absolute Gasteiger partial charge is 0.416 e. The first-order valence-electron chi connectivity index (χ1n) is 9.89. The van der Waals surface area contributed by atoms with Gasteiger partial charge in [0.1, 0.15) is 0 Å². The van der Waals surface area contributed by atoms with Crippen LogP contribution in [-0.2, 0) is 19.8 Å². The van der Waals surface area contributed by atoms with E-state index in [2.05, 4.69) is 19.9 Å². The van der Waals surface area contributed by atoms with E-state index in [1.54, 1.807) is 0 Å². The number of piperazine rings is 1. The van der Waals surface area contributed by atoms with Crippen LogP contribution in [0.25, 0.3) is 11.4 Å². The number of halogens is 3. The Balaban J connectivity index is 1.31. The molecule has 0 aliphatic carbocycles. The molecule has 0 radical (unpaired) electrons. The topological polar surface area (TPSA) is 67.4 Å². The number of hydrogen-bond donors (Lipinski definition) is 0. The molecule has 1 aliphatic rings. The lowest BCUT2D eigenvalue weighted by Gasteiger charge is -2.33. The van der Waals surface area contributed by atoms with Gasteiger partial charge in [-0.1, -0.05) is 17.3 Å². The van der Waals surface area contributed by atoms with Gasteiger partial charge in [0.15, 0.2) is 5.78 Å². The molecule has 0 unspecified atom stereocenters. The molecule has 7 nitrogen and oxygen atoms in total. The van der Waals surface area contributed by atoms with E-state index in [-0.39, 0.29) is 17.2 Å². The molecule has 31 heavy (non-hydrogen) atoms. The van der Waals surface area contributed by atoms with E-state index in [1.165, 1.54) is 12.1 Å². The van der Waals surface area contributed by atoms with Gasteiger partial charge in [-0.15, -0.1) is 0 Å². The third-order valence-electron chi connectivity index (χ3n) is 5.34. The molecule has 4 rings (SSSR count). The molecule has 2 aromatic heterocycles. The Morgan fingerprint density at radius 2 is 1.84 bits per heavy atom. The highest BCUT2D eigenvalue weighted by Crippen LogP contribution is 2.31. The fourth-order valence-electron chi connectivity index (χ4n) is 3.60. The van der Waals surface area contributed by atoms with Crippen molar-refractivity contribution in [2.75, 3.05) is 32.7 Å². The van der Waals surface area contributed by atoms with Gasteiger partial charge in [0.05, 0.1) is 24.3 Å². The van der Waals surface area contributed by atoms with Crippen molar-refractivity contribution in [2.45, 2.75) is 12.7 Å². The van der Waals surface area contributed by atoms with Crippen LogP contribution in [0.5, 0.6) is 0 Å². The maximum Gasteiger partial charge on any atom is 0.416 e. The van der Waals surface area contributed by atoms with Crippen LogP contribution in [0.2, 0.25) is 0 Å². The lowest BCUT2D eigenvalue weighted by molar-refractivity contribution is -0.137. The minimum absolute atomic E-state index is 0.0866. The maximum absolute atomic E-state index is 12.9. The molecule has 0 saturated carbocycles. The Morgan fingerprint density at radius 3 is 2.52 bits per heavy atom. The molecule has 3 aromatic rings. The number of Topliss-reactive ketones (excluding diaryl/α,β-unsaturated/α-hetero) is 1. The number of rotatable bonds is 6. The number of aryl methyl sites for hydroxylation is 1. The second-order valence-electron chi connectivity index (χ2n) is 7.57. The Hall–Kier alpha value is -2.98. The molecule has 10 heteroatoms. The van der Waals surface area contributed by atoms with Gasteiger partial charge in [-0.2, -0.15) is 18.2 Å². The van der Waals surface area contributed by atoms with Crippen LogP contribution in [0.4, 0.5) is 13.2 Å². The highest BCUT2D eigenvalue weighted by molar-refractivity contribution is 5.96. The van der Waals surface area contributed by atoms with Crippen molar-refractivity contribution in [2.24, 2.45) is 7.05 Å². The molecular weight excluding hydrogens is 411 g/mol. The van der Waals surface area contributed by atoms with Gasteiger partial charge in [0, 0.05) is 45.0 Å². The lowest BCUT2D eigenvalue weighted by atomic mass is 10.1. The quantitative estimate of drug-likeness (QED) is 0.557. The summed E-state index contributed by atoms with van der Waals surface area (Å²) in [6.07, 6.45) is -2.58. The zero-order valence-corrected chi connectivity index (χ0v) is 17.0. The van der Waals surface area contributed by atoms with Crippen LogP contribution in [0.1, 0.15) is 21.9 Å². The maximum atomic E-state index is 12.9. The number of benzene rings is 1. The highest BCUT2D eigenvalue weighted by Gasteiger charge is 2.31. The standard InChI is InChI=1S/C21H22F3N5O2/c1-27-7-3-6-17(27)18(30)13-28-8-10-29(11-9-28)14-19-25-20(26-31-19)15-4-2-5-16(12-15)21(22,23)24/h2-7,12H,8-11,13-14H2,1H3. The summed E-state index contributed by atoms with van der Waals surface area (Å²) in [6, 6.07) is 8.53. The molecule has 3 heterocycles. The molecule has 0 bridgehead atoms. The first kappa shape index (κ1) is 21.3. The highest BCUT2D eigenvalue weighted by atomic mass is 19.4. The molecule has 1 aliphatic heterocycles. The van der Waals surface area contributed by atoms with Gasteiger partial charge in [0.2, 0.25) is 11.7 Å². The van der Waals surface area contributed by atoms with E-state index < -0.39 is 11.7 Å². The van der Waals surface area contributed by atoms with Crippen LogP contribution in [-0.4, -0.2) is 63.0 Å². The molecule has 0 N–H and O–H groups in total. The van der Waals surface area contributed by atoms with E-state index in [0.29, 0.717) is 24.7 Å². The van der Waals surface area contributed by atoms with Gasteiger partial charge < -0.3 is 9.09 Å². The number of carbonyl (C=O) groups excluding carboxylic acids is 1. The van der Waals surface area contributed by atoms with Crippen LogP contribution in [0, 0.1) is 0 Å². The molecule has 1 saturated heterocycles. The summed E-state index contributed by atoms with van der Waals surface area (Å²) in [5.74, 6) is 0.567. The molecular formula is C21H22F3N5O2. The van der Waals surface area contributed by atoms with Gasteiger partial charge in [-0.05, 0) is 24.3 Å². The molecule has 164 valence electrons. The smallest absolute Gasteiger partial charge is 0.348 e. The average Bonchev–Trinajstić information content (AvgIpc) is 3.38. The third-order valence-corrected chi connectivity index (χ3v) is 5.34. The first-order valence-corrected chi connectivity index (χ1v) is 9.89. The third kappa shape index (κ3) is 5.02. The summed E-state index contributed by atoms with van der Waals surface area (Å²) in [7, 11) is 1.85. The molecule has 1 aromatic carbocycles. The number of carbonyl (C=O) groups is 1. The molecule has 1 fully saturated rings. The fourth-order valence-corrected chi connectivity index (χ4v) is 3.60. The average molecular weight is 433 g/mol. The van der Waals surface area contributed by atoms with E-state index in [1.807, 2.05) is 29.9 Å². The summed E-state index contributed by atoms with van der Waals surface area (Å²) in [5, 5.41) is 3.83. The van der Waals surface area contributed by atoms with Crippen LogP contribution < -0.4 is 0 Å². The summed E-state index contributed by atoms with van der Waals surface area (Å²) in [4.78, 5) is 20.9. The zero-order valence-electron chi connectivity index (χ0n) is 17.0. The minimum Gasteiger partial charge on any atom is -0.348 e. The Bertz CT molecular complexity index is 1050.